The molecule has 2 aliphatic rings. The Kier molecular flexibility index (Phi) is 7.21. The molecule has 5 rings (SSSR count). The van der Waals surface area contributed by atoms with Crippen molar-refractivity contribution in [1.82, 2.24) is 0 Å². The van der Waals surface area contributed by atoms with Crippen LogP contribution >= 0.6 is 34.8 Å². The summed E-state index contributed by atoms with van der Waals surface area (Å²) in [6.07, 6.45) is 2.50. The first-order valence-corrected chi connectivity index (χ1v) is 13.5. The van der Waals surface area contributed by atoms with Crippen molar-refractivity contribution in [2.24, 2.45) is 11.7 Å². The van der Waals surface area contributed by atoms with E-state index < -0.39 is 5.97 Å². The maximum atomic E-state index is 13.1. The van der Waals surface area contributed by atoms with E-state index in [2.05, 4.69) is 6.92 Å². The van der Waals surface area contributed by atoms with E-state index in [1.165, 1.54) is 0 Å². The molecule has 38 heavy (non-hydrogen) atoms. The quantitative estimate of drug-likeness (QED) is 0.260. The summed E-state index contributed by atoms with van der Waals surface area (Å²) in [4.78, 5) is 24.5. The first-order valence-electron chi connectivity index (χ1n) is 12.3. The van der Waals surface area contributed by atoms with Crippen molar-refractivity contribution in [3.8, 4) is 5.75 Å². The van der Waals surface area contributed by atoms with Crippen molar-refractivity contribution in [3.63, 3.8) is 0 Å². The molecular formula is C30H26Cl3NO4. The lowest BCUT2D eigenvalue weighted by Crippen LogP contribution is -2.18. The van der Waals surface area contributed by atoms with Gasteiger partial charge in [0.05, 0.1) is 26.9 Å². The van der Waals surface area contributed by atoms with Crippen LogP contribution in [0.3, 0.4) is 0 Å². The van der Waals surface area contributed by atoms with Gasteiger partial charge >= 0.3 is 5.97 Å². The molecule has 3 aromatic carbocycles. The van der Waals surface area contributed by atoms with Crippen LogP contribution in [-0.4, -0.2) is 23.5 Å². The van der Waals surface area contributed by atoms with Crippen LogP contribution in [0.2, 0.25) is 15.1 Å². The molecule has 196 valence electrons. The number of Topliss-reactive ketones (excluding diaryl/α,β-unsaturated/α-hetero) is 1. The molecule has 2 aliphatic carbocycles. The molecule has 2 unspecified atom stereocenters. The zero-order chi connectivity index (χ0) is 27.2. The molecule has 0 radical (unpaired) electrons. The van der Waals surface area contributed by atoms with E-state index in [1.807, 2.05) is 18.2 Å². The lowest BCUT2D eigenvalue weighted by atomic mass is 9.91. The first kappa shape index (κ1) is 26.6. The summed E-state index contributed by atoms with van der Waals surface area (Å²) >= 11 is 19.4. The smallest absolute Gasteiger partial charge is 0.335 e. The van der Waals surface area contributed by atoms with Crippen LogP contribution in [0.5, 0.6) is 5.75 Å². The Hall–Kier alpha value is -2.99. The Bertz CT molecular complexity index is 1460. The number of hydrogen-bond donors (Lipinski definition) is 2. The topological polar surface area (TPSA) is 89.6 Å². The zero-order valence-electron chi connectivity index (χ0n) is 20.6. The van der Waals surface area contributed by atoms with Gasteiger partial charge in [0, 0.05) is 21.9 Å². The number of carbonyl (C=O) groups excluding carboxylic acids is 1. The van der Waals surface area contributed by atoms with Gasteiger partial charge in [-0.3, -0.25) is 4.79 Å². The highest BCUT2D eigenvalue weighted by Gasteiger charge is 2.52. The number of hydrogen-bond acceptors (Lipinski definition) is 4. The van der Waals surface area contributed by atoms with Gasteiger partial charge in [-0.1, -0.05) is 66.0 Å². The fourth-order valence-electron chi connectivity index (χ4n) is 4.96. The molecule has 2 atom stereocenters. The number of rotatable bonds is 9. The van der Waals surface area contributed by atoms with Crippen molar-refractivity contribution in [2.75, 3.05) is 6.61 Å². The second-order valence-corrected chi connectivity index (χ2v) is 11.4. The SMILES string of the molecule is CC1(c2cccc(C(=O)O)c2)CC1c1ccc(OCC(C(=O)C2CC2)=C(N)c2c(Cl)cccc2Cl)cc1Cl. The molecule has 0 spiro atoms. The van der Waals surface area contributed by atoms with Crippen molar-refractivity contribution in [3.05, 3.63) is 104 Å². The number of carbonyl (C=O) groups is 2. The minimum atomic E-state index is -0.946. The van der Waals surface area contributed by atoms with Crippen LogP contribution in [0.15, 0.2) is 66.2 Å². The van der Waals surface area contributed by atoms with Gasteiger partial charge in [0.15, 0.2) is 5.78 Å². The summed E-state index contributed by atoms with van der Waals surface area (Å²) in [5.74, 6) is -0.408. The molecule has 0 aliphatic heterocycles. The van der Waals surface area contributed by atoms with E-state index in [0.29, 0.717) is 32.0 Å². The summed E-state index contributed by atoms with van der Waals surface area (Å²) in [6, 6.07) is 17.6. The molecular weight excluding hydrogens is 545 g/mol. The van der Waals surface area contributed by atoms with Crippen LogP contribution < -0.4 is 10.5 Å². The van der Waals surface area contributed by atoms with Gasteiger partial charge < -0.3 is 15.6 Å². The number of carboxylic acids is 1. The van der Waals surface area contributed by atoms with Gasteiger partial charge in [0.1, 0.15) is 12.4 Å². The minimum Gasteiger partial charge on any atom is -0.489 e. The van der Waals surface area contributed by atoms with E-state index in [4.69, 9.17) is 45.3 Å². The number of halogens is 3. The maximum absolute atomic E-state index is 13.1. The van der Waals surface area contributed by atoms with Crippen LogP contribution in [0.1, 0.15) is 59.2 Å². The van der Waals surface area contributed by atoms with Crippen molar-refractivity contribution >= 4 is 52.3 Å². The number of carboxylic acid groups (broad SMARTS) is 1. The monoisotopic (exact) mass is 569 g/mol. The highest BCUT2D eigenvalue weighted by molar-refractivity contribution is 6.37. The molecule has 0 heterocycles. The highest BCUT2D eigenvalue weighted by Crippen LogP contribution is 2.61. The largest absolute Gasteiger partial charge is 0.489 e. The average Bonchev–Trinajstić information content (AvgIpc) is 3.81. The molecule has 2 fully saturated rings. The third-order valence-electron chi connectivity index (χ3n) is 7.54. The van der Waals surface area contributed by atoms with Gasteiger partial charge in [0.2, 0.25) is 0 Å². The van der Waals surface area contributed by atoms with Crippen LogP contribution in [-0.2, 0) is 10.2 Å². The predicted octanol–water partition coefficient (Wildman–Crippen LogP) is 7.52. The molecule has 8 heteroatoms. The number of benzene rings is 3. The Morgan fingerprint density at radius 1 is 1.00 bits per heavy atom. The lowest BCUT2D eigenvalue weighted by Gasteiger charge is -2.16. The molecule has 0 aromatic heterocycles. The molecule has 0 amide bonds. The molecule has 2 saturated carbocycles. The van der Waals surface area contributed by atoms with Gasteiger partial charge in [-0.05, 0) is 72.7 Å². The standard InChI is InChI=1S/C30H26Cl3NO4/c1-30(18-5-2-4-17(12-18)29(36)37)14-22(30)20-11-10-19(13-25(20)33)38-15-21(28(35)16-8-9-16)27(34)26-23(31)6-3-7-24(26)32/h2-7,10-13,16,22H,8-9,14-15,34H2,1H3,(H,36,37). The Morgan fingerprint density at radius 2 is 1.68 bits per heavy atom. The number of ether oxygens (including phenoxy) is 1. The summed E-state index contributed by atoms with van der Waals surface area (Å²) in [7, 11) is 0. The van der Waals surface area contributed by atoms with E-state index in [0.717, 1.165) is 30.4 Å². The van der Waals surface area contributed by atoms with Crippen LogP contribution in [0, 0.1) is 5.92 Å². The molecule has 0 bridgehead atoms. The second-order valence-electron chi connectivity index (χ2n) is 10.2. The normalized spacial score (nSPS) is 21.0. The Labute approximate surface area is 236 Å². The minimum absolute atomic E-state index is 0.0402. The number of aromatic carboxylic acids is 1. The summed E-state index contributed by atoms with van der Waals surface area (Å²) < 4.78 is 6.01. The predicted molar refractivity (Wildman–Crippen MR) is 150 cm³/mol. The second kappa shape index (κ2) is 10.3. The summed E-state index contributed by atoms with van der Waals surface area (Å²) in [6.45, 7) is 2.07. The fraction of sp³-hybridized carbons (Fsp3) is 0.267. The summed E-state index contributed by atoms with van der Waals surface area (Å²) in [5, 5.41) is 10.6. The highest BCUT2D eigenvalue weighted by atomic mass is 35.5. The first-order chi connectivity index (χ1) is 18.1. The maximum Gasteiger partial charge on any atom is 0.335 e. The van der Waals surface area contributed by atoms with E-state index >= 15 is 0 Å². The van der Waals surface area contributed by atoms with Gasteiger partial charge in [-0.15, -0.1) is 0 Å². The Morgan fingerprint density at radius 3 is 2.32 bits per heavy atom. The van der Waals surface area contributed by atoms with Crippen LogP contribution in [0.4, 0.5) is 0 Å². The number of nitrogens with two attached hydrogens (primary N) is 1. The van der Waals surface area contributed by atoms with Crippen molar-refractivity contribution in [1.29, 1.82) is 0 Å². The lowest BCUT2D eigenvalue weighted by molar-refractivity contribution is -0.116. The number of ketones is 1. The molecule has 3 N–H and O–H groups in total. The van der Waals surface area contributed by atoms with E-state index in [9.17, 15) is 14.7 Å². The van der Waals surface area contributed by atoms with Gasteiger partial charge in [-0.2, -0.15) is 0 Å². The average molecular weight is 571 g/mol. The van der Waals surface area contributed by atoms with E-state index in [-0.39, 0.29) is 40.9 Å². The molecule has 5 nitrogen and oxygen atoms in total. The Balaban J connectivity index is 1.36. The summed E-state index contributed by atoms with van der Waals surface area (Å²) in [5.41, 5.74) is 9.43. The van der Waals surface area contributed by atoms with Crippen molar-refractivity contribution in [2.45, 2.75) is 37.5 Å². The fourth-order valence-corrected chi connectivity index (χ4v) is 5.86. The zero-order valence-corrected chi connectivity index (χ0v) is 22.9. The van der Waals surface area contributed by atoms with Crippen LogP contribution in [0.25, 0.3) is 5.70 Å². The van der Waals surface area contributed by atoms with E-state index in [1.54, 1.807) is 42.5 Å². The third kappa shape index (κ3) is 5.15. The third-order valence-corrected chi connectivity index (χ3v) is 8.50. The van der Waals surface area contributed by atoms with Gasteiger partial charge in [0.25, 0.3) is 0 Å². The molecule has 0 saturated heterocycles. The van der Waals surface area contributed by atoms with Crippen molar-refractivity contribution < 1.29 is 19.4 Å². The van der Waals surface area contributed by atoms with Gasteiger partial charge in [-0.25, -0.2) is 4.79 Å². The molecule has 3 aromatic rings.